The van der Waals surface area contributed by atoms with Crippen LogP contribution in [0.4, 0.5) is 4.39 Å². The molecule has 0 aliphatic heterocycles. The number of pyridine rings is 2. The lowest BCUT2D eigenvalue weighted by Gasteiger charge is -2.18. The molecule has 0 atom stereocenters. The number of nitrogens with zero attached hydrogens (tertiary/aromatic N) is 3. The fourth-order valence-corrected chi connectivity index (χ4v) is 4.63. The van der Waals surface area contributed by atoms with E-state index in [0.717, 1.165) is 5.56 Å². The maximum Gasteiger partial charge on any atom is 0.334 e. The van der Waals surface area contributed by atoms with E-state index in [0.29, 0.717) is 16.9 Å². The van der Waals surface area contributed by atoms with Crippen molar-refractivity contribution in [2.75, 3.05) is 0 Å². The number of aromatic amines is 1. The number of aromatic nitrogens is 4. The van der Waals surface area contributed by atoms with E-state index >= 15 is 4.39 Å². The molecule has 1 N–H and O–H groups in total. The van der Waals surface area contributed by atoms with Crippen LogP contribution >= 0.6 is 11.6 Å². The van der Waals surface area contributed by atoms with Crippen LogP contribution in [0, 0.1) is 24.2 Å². The highest BCUT2D eigenvalue weighted by Gasteiger charge is 2.21. The van der Waals surface area contributed by atoms with Gasteiger partial charge in [-0.15, -0.1) is 5.54 Å². The monoisotopic (exact) mass is 520 g/mol. The van der Waals surface area contributed by atoms with Crippen molar-refractivity contribution in [2.45, 2.75) is 46.3 Å². The average Bonchev–Trinajstić information content (AvgIpc) is 2.79. The quantitative estimate of drug-likeness (QED) is 0.282. The molecule has 0 amide bonds. The highest BCUT2D eigenvalue weighted by Crippen LogP contribution is 2.32. The first-order chi connectivity index (χ1) is 16.9. The van der Waals surface area contributed by atoms with Gasteiger partial charge in [0.2, 0.25) is 0 Å². The van der Waals surface area contributed by atoms with Crippen LogP contribution in [0.5, 0.6) is 0 Å². The molecule has 9 heteroatoms. The van der Waals surface area contributed by atoms with E-state index in [9.17, 15) is 9.59 Å². The molecule has 1 aromatic carbocycles. The maximum atomic E-state index is 15.0. The Morgan fingerprint density at radius 1 is 1.14 bits per heavy atom. The molecule has 0 saturated heterocycles. The minimum Gasteiger partial charge on any atom is -0.273 e. The van der Waals surface area contributed by atoms with Crippen LogP contribution in [0.2, 0.25) is 24.7 Å². The molecule has 0 saturated carbocycles. The van der Waals surface area contributed by atoms with Crippen LogP contribution in [0.25, 0.3) is 28.0 Å². The number of aryl methyl sites for hydroxylation is 1. The summed E-state index contributed by atoms with van der Waals surface area (Å²) >= 11 is 6.52. The zero-order valence-electron chi connectivity index (χ0n) is 21.0. The van der Waals surface area contributed by atoms with Crippen LogP contribution in [0.1, 0.15) is 36.6 Å². The van der Waals surface area contributed by atoms with Crippen molar-refractivity contribution >= 4 is 30.7 Å². The van der Waals surface area contributed by atoms with Gasteiger partial charge in [-0.25, -0.2) is 18.7 Å². The normalized spacial score (nSPS) is 11.6. The summed E-state index contributed by atoms with van der Waals surface area (Å²) in [4.78, 5) is 37.3. The smallest absolute Gasteiger partial charge is 0.273 e. The van der Waals surface area contributed by atoms with E-state index in [-0.39, 0.29) is 33.2 Å². The predicted molar refractivity (Wildman–Crippen MR) is 145 cm³/mol. The van der Waals surface area contributed by atoms with Gasteiger partial charge in [0.15, 0.2) is 5.65 Å². The van der Waals surface area contributed by atoms with Crippen molar-refractivity contribution in [1.29, 1.82) is 0 Å². The number of halogens is 2. The van der Waals surface area contributed by atoms with Crippen LogP contribution in [0.15, 0.2) is 46.1 Å². The Balaban J connectivity index is 2.08. The molecule has 0 aliphatic rings. The third kappa shape index (κ3) is 4.90. The molecular formula is C27H26ClFN4O2Si. The molecule has 0 bridgehead atoms. The van der Waals surface area contributed by atoms with E-state index in [1.165, 1.54) is 16.7 Å². The van der Waals surface area contributed by atoms with Crippen LogP contribution in [-0.2, 0) is 0 Å². The summed E-state index contributed by atoms with van der Waals surface area (Å²) in [6.07, 6.45) is 1.67. The molecule has 6 nitrogen and oxygen atoms in total. The number of H-pyrrole nitrogens is 1. The zero-order valence-corrected chi connectivity index (χ0v) is 22.7. The van der Waals surface area contributed by atoms with Crippen molar-refractivity contribution < 1.29 is 4.39 Å². The Morgan fingerprint density at radius 3 is 2.53 bits per heavy atom. The number of rotatable bonds is 3. The zero-order chi connectivity index (χ0) is 26.4. The first-order valence-corrected chi connectivity index (χ1v) is 15.4. The van der Waals surface area contributed by atoms with Gasteiger partial charge in [0, 0.05) is 17.3 Å². The van der Waals surface area contributed by atoms with Gasteiger partial charge >= 0.3 is 5.69 Å². The van der Waals surface area contributed by atoms with E-state index in [1.54, 1.807) is 24.4 Å². The lowest BCUT2D eigenvalue weighted by molar-refractivity contribution is 0.630. The third-order valence-electron chi connectivity index (χ3n) is 5.56. The van der Waals surface area contributed by atoms with Crippen molar-refractivity contribution in [1.82, 2.24) is 19.5 Å². The molecular weight excluding hydrogens is 495 g/mol. The third-order valence-corrected chi connectivity index (χ3v) is 6.73. The number of fused-ring (bicyclic) bond motifs is 1. The lowest BCUT2D eigenvalue weighted by Crippen LogP contribution is -2.31. The predicted octanol–water partition coefficient (Wildman–Crippen LogP) is 5.59. The van der Waals surface area contributed by atoms with Crippen molar-refractivity contribution in [3.8, 4) is 28.4 Å². The molecule has 4 rings (SSSR count). The molecule has 0 aliphatic carbocycles. The fraction of sp³-hybridized carbons (Fsp3) is 0.259. The Kier molecular flexibility index (Phi) is 6.73. The SMILES string of the molecule is Cc1ccnc(C(C)C)c1-n1c(=O)[nH]c(=O)c2cc(Cl)c(-c3cc(C#C[Si](C)(C)C)ccc3F)nc21. The molecule has 0 unspecified atom stereocenters. The van der Waals surface area contributed by atoms with E-state index in [1.807, 2.05) is 20.8 Å². The summed E-state index contributed by atoms with van der Waals surface area (Å²) in [6, 6.07) is 7.71. The fourth-order valence-electron chi connectivity index (χ4n) is 3.86. The van der Waals surface area contributed by atoms with Gasteiger partial charge in [0.05, 0.1) is 27.5 Å². The summed E-state index contributed by atoms with van der Waals surface area (Å²) < 4.78 is 16.4. The first kappa shape index (κ1) is 25.5. The van der Waals surface area contributed by atoms with Gasteiger partial charge in [0.1, 0.15) is 13.9 Å². The summed E-state index contributed by atoms with van der Waals surface area (Å²) in [5.74, 6) is 2.56. The second kappa shape index (κ2) is 9.49. The molecule has 4 aromatic rings. The molecule has 36 heavy (non-hydrogen) atoms. The van der Waals surface area contributed by atoms with Gasteiger partial charge in [-0.3, -0.25) is 14.8 Å². The highest BCUT2D eigenvalue weighted by atomic mass is 35.5. The largest absolute Gasteiger partial charge is 0.334 e. The van der Waals surface area contributed by atoms with Gasteiger partial charge < -0.3 is 0 Å². The molecule has 3 aromatic heterocycles. The van der Waals surface area contributed by atoms with Gasteiger partial charge in [-0.2, -0.15) is 0 Å². The van der Waals surface area contributed by atoms with E-state index in [2.05, 4.69) is 46.1 Å². The van der Waals surface area contributed by atoms with Crippen molar-refractivity contribution in [3.63, 3.8) is 0 Å². The first-order valence-electron chi connectivity index (χ1n) is 11.5. The van der Waals surface area contributed by atoms with Crippen LogP contribution in [0.3, 0.4) is 0 Å². The number of nitrogens with one attached hydrogen (secondary N) is 1. The Labute approximate surface area is 214 Å². The molecule has 0 fully saturated rings. The Bertz CT molecular complexity index is 1690. The second-order valence-corrected chi connectivity index (χ2v) is 15.2. The molecule has 184 valence electrons. The van der Waals surface area contributed by atoms with Gasteiger partial charge in [-0.05, 0) is 48.7 Å². The number of hydrogen-bond acceptors (Lipinski definition) is 4. The standard InChI is InChI=1S/C27H26ClFN4O2Si/c1-15(2)22-24(16(3)9-11-30-22)33-25-19(26(34)32-27(33)35)14-20(28)23(31-25)18-13-17(7-8-21(18)29)10-12-36(4,5)6/h7-9,11,13-15H,1-6H3,(H,32,34,35). The summed E-state index contributed by atoms with van der Waals surface area (Å²) in [5, 5.41) is 0.191. The van der Waals surface area contributed by atoms with Crippen molar-refractivity contribution in [3.05, 3.63) is 85.0 Å². The minimum atomic E-state index is -1.65. The Hall–Kier alpha value is -3.54. The van der Waals surface area contributed by atoms with Crippen molar-refractivity contribution in [2.24, 2.45) is 0 Å². The summed E-state index contributed by atoms with van der Waals surface area (Å²) in [5.41, 5.74) is 4.88. The lowest BCUT2D eigenvalue weighted by atomic mass is 10.0. The Morgan fingerprint density at radius 2 is 1.86 bits per heavy atom. The summed E-state index contributed by atoms with van der Waals surface area (Å²) in [6.45, 7) is 12.1. The number of benzene rings is 1. The molecule has 0 spiro atoms. The topological polar surface area (TPSA) is 80.6 Å². The van der Waals surface area contributed by atoms with Gasteiger partial charge in [-0.1, -0.05) is 51.0 Å². The summed E-state index contributed by atoms with van der Waals surface area (Å²) in [7, 11) is -1.65. The van der Waals surface area contributed by atoms with Crippen LogP contribution in [-0.4, -0.2) is 27.6 Å². The number of hydrogen-bond donors (Lipinski definition) is 1. The van der Waals surface area contributed by atoms with E-state index in [4.69, 9.17) is 11.6 Å². The van der Waals surface area contributed by atoms with Crippen LogP contribution < -0.4 is 11.2 Å². The minimum absolute atomic E-state index is 0.0142. The van der Waals surface area contributed by atoms with E-state index < -0.39 is 25.1 Å². The second-order valence-electron chi connectivity index (χ2n) is 10.00. The molecule has 3 heterocycles. The van der Waals surface area contributed by atoms with Gasteiger partial charge in [0.25, 0.3) is 5.56 Å². The average molecular weight is 521 g/mol. The maximum absolute atomic E-state index is 15.0. The molecule has 0 radical (unpaired) electrons. The highest BCUT2D eigenvalue weighted by molar-refractivity contribution is 6.83.